The Labute approximate surface area is 302 Å². The fourth-order valence-electron chi connectivity index (χ4n) is 7.26. The molecule has 5 heteroatoms. The molecule has 9 rings (SSSR count). The van der Waals surface area contributed by atoms with E-state index in [2.05, 4.69) is 109 Å². The number of phenolic OH excluding ortho intramolecular Hbond substituents is 1. The number of phenols is 1. The number of furan rings is 1. The van der Waals surface area contributed by atoms with Gasteiger partial charge in [0.05, 0.1) is 17.1 Å². The molecule has 0 saturated heterocycles. The van der Waals surface area contributed by atoms with E-state index in [4.69, 9.17) is 14.4 Å². The van der Waals surface area contributed by atoms with Crippen LogP contribution in [0.4, 0.5) is 0 Å². The summed E-state index contributed by atoms with van der Waals surface area (Å²) in [5.74, 6) is 0.246. The molecule has 5 aromatic carbocycles. The van der Waals surface area contributed by atoms with Gasteiger partial charge in [0, 0.05) is 62.7 Å². The van der Waals surface area contributed by atoms with Crippen LogP contribution in [0.5, 0.6) is 5.75 Å². The summed E-state index contributed by atoms with van der Waals surface area (Å²) in [6.45, 7) is 3.95. The third-order valence-corrected chi connectivity index (χ3v) is 9.95. The van der Waals surface area contributed by atoms with Crippen LogP contribution in [0.25, 0.3) is 89.4 Å². The van der Waals surface area contributed by atoms with Gasteiger partial charge in [-0.05, 0) is 97.3 Å². The summed E-state index contributed by atoms with van der Waals surface area (Å²) in [5.41, 5.74) is 15.1. The van der Waals surface area contributed by atoms with E-state index in [0.717, 1.165) is 95.0 Å². The van der Waals surface area contributed by atoms with Gasteiger partial charge in [-0.1, -0.05) is 84.9 Å². The van der Waals surface area contributed by atoms with Gasteiger partial charge in [0.2, 0.25) is 0 Å². The van der Waals surface area contributed by atoms with Crippen LogP contribution in [0.2, 0.25) is 0 Å². The summed E-state index contributed by atoms with van der Waals surface area (Å²) in [6.07, 6.45) is 0. The van der Waals surface area contributed by atoms with Crippen LogP contribution < -0.4 is 0 Å². The Hall–Kier alpha value is -6.72. The van der Waals surface area contributed by atoms with Gasteiger partial charge in [-0.15, -0.1) is 0 Å². The second-order valence-electron chi connectivity index (χ2n) is 13.4. The normalized spacial score (nSPS) is 11.4. The molecule has 0 bridgehead atoms. The van der Waals surface area contributed by atoms with E-state index in [9.17, 15) is 5.11 Å². The molecule has 1 N–H and O–H groups in total. The number of fused-ring (bicyclic) bond motifs is 3. The average Bonchev–Trinajstić information content (AvgIpc) is 3.75. The van der Waals surface area contributed by atoms with E-state index < -0.39 is 0 Å². The zero-order valence-electron chi connectivity index (χ0n) is 29.1. The summed E-state index contributed by atoms with van der Waals surface area (Å²) in [6, 6.07) is 51.9. The van der Waals surface area contributed by atoms with Crippen molar-refractivity contribution < 1.29 is 9.52 Å². The molecule has 0 spiro atoms. The molecule has 0 fully saturated rings. The van der Waals surface area contributed by atoms with E-state index in [-0.39, 0.29) is 5.75 Å². The second kappa shape index (κ2) is 12.6. The molecule has 0 unspecified atom stereocenters. The average molecular weight is 674 g/mol. The Kier molecular flexibility index (Phi) is 7.55. The van der Waals surface area contributed by atoms with Crippen molar-refractivity contribution >= 4 is 21.9 Å². The standard InChI is InChI=1S/C47H35N3O2/c1-29-11-9-17-39(47(29)51)42-26-35(31-12-5-4-6-13-31)25-41(49-42)33-15-10-14-32(24-33)40-27-36(23-30(2)48-40)44-22-21-43(50(44)3)34-19-20-38-37-16-7-8-18-45(37)52-46(38)28-34/h4-28,51H,1-3H3. The molecule has 0 aliphatic rings. The lowest BCUT2D eigenvalue weighted by Gasteiger charge is -2.13. The second-order valence-corrected chi connectivity index (χ2v) is 13.4. The van der Waals surface area contributed by atoms with Gasteiger partial charge in [-0.3, -0.25) is 4.98 Å². The predicted molar refractivity (Wildman–Crippen MR) is 212 cm³/mol. The number of para-hydroxylation sites is 2. The largest absolute Gasteiger partial charge is 0.507 e. The van der Waals surface area contributed by atoms with Crippen molar-refractivity contribution in [2.75, 3.05) is 0 Å². The summed E-state index contributed by atoms with van der Waals surface area (Å²) in [4.78, 5) is 10.1. The van der Waals surface area contributed by atoms with E-state index in [1.165, 1.54) is 0 Å². The lowest BCUT2D eigenvalue weighted by atomic mass is 9.97. The Morgan fingerprint density at radius 2 is 1.13 bits per heavy atom. The molecule has 4 aromatic heterocycles. The van der Waals surface area contributed by atoms with Crippen LogP contribution >= 0.6 is 0 Å². The van der Waals surface area contributed by atoms with Crippen molar-refractivity contribution in [3.8, 4) is 73.2 Å². The summed E-state index contributed by atoms with van der Waals surface area (Å²) >= 11 is 0. The van der Waals surface area contributed by atoms with Crippen LogP contribution in [-0.2, 0) is 7.05 Å². The van der Waals surface area contributed by atoms with Crippen molar-refractivity contribution in [2.45, 2.75) is 13.8 Å². The summed E-state index contributed by atoms with van der Waals surface area (Å²) < 4.78 is 8.44. The van der Waals surface area contributed by atoms with E-state index in [1.54, 1.807) is 0 Å². The lowest BCUT2D eigenvalue weighted by Crippen LogP contribution is -1.97. The number of aryl methyl sites for hydroxylation is 2. The molecule has 0 atom stereocenters. The maximum absolute atomic E-state index is 11.0. The molecular weight excluding hydrogens is 639 g/mol. The smallest absolute Gasteiger partial charge is 0.136 e. The van der Waals surface area contributed by atoms with E-state index in [0.29, 0.717) is 5.56 Å². The molecule has 250 valence electrons. The van der Waals surface area contributed by atoms with Crippen molar-refractivity contribution in [1.29, 1.82) is 0 Å². The van der Waals surface area contributed by atoms with Crippen molar-refractivity contribution in [2.24, 2.45) is 7.05 Å². The monoisotopic (exact) mass is 673 g/mol. The number of aromatic nitrogens is 3. The zero-order valence-corrected chi connectivity index (χ0v) is 29.1. The van der Waals surface area contributed by atoms with Gasteiger partial charge < -0.3 is 14.1 Å². The minimum atomic E-state index is 0.246. The van der Waals surface area contributed by atoms with Crippen LogP contribution in [-0.4, -0.2) is 19.6 Å². The molecule has 5 nitrogen and oxygen atoms in total. The Balaban J connectivity index is 1.10. The minimum Gasteiger partial charge on any atom is -0.507 e. The first-order chi connectivity index (χ1) is 25.4. The molecule has 0 amide bonds. The number of aromatic hydroxyl groups is 1. The number of nitrogens with zero attached hydrogens (tertiary/aromatic N) is 3. The molecule has 0 radical (unpaired) electrons. The van der Waals surface area contributed by atoms with Gasteiger partial charge in [-0.2, -0.15) is 0 Å². The minimum absolute atomic E-state index is 0.246. The van der Waals surface area contributed by atoms with Gasteiger partial charge in [0.1, 0.15) is 16.9 Å². The summed E-state index contributed by atoms with van der Waals surface area (Å²) in [7, 11) is 2.11. The number of pyridine rings is 2. The first-order valence-electron chi connectivity index (χ1n) is 17.4. The Morgan fingerprint density at radius 3 is 1.96 bits per heavy atom. The van der Waals surface area contributed by atoms with E-state index in [1.807, 2.05) is 68.4 Å². The molecule has 4 heterocycles. The highest BCUT2D eigenvalue weighted by molar-refractivity contribution is 6.05. The topological polar surface area (TPSA) is 64.1 Å². The maximum Gasteiger partial charge on any atom is 0.136 e. The van der Waals surface area contributed by atoms with Crippen molar-refractivity contribution in [1.82, 2.24) is 14.5 Å². The number of benzene rings is 5. The first kappa shape index (κ1) is 31.3. The number of rotatable bonds is 6. The van der Waals surface area contributed by atoms with Gasteiger partial charge >= 0.3 is 0 Å². The fourth-order valence-corrected chi connectivity index (χ4v) is 7.26. The van der Waals surface area contributed by atoms with Crippen LogP contribution in [0.1, 0.15) is 11.3 Å². The third-order valence-electron chi connectivity index (χ3n) is 9.95. The molecule has 52 heavy (non-hydrogen) atoms. The predicted octanol–water partition coefficient (Wildman–Crippen LogP) is 12.0. The van der Waals surface area contributed by atoms with Crippen LogP contribution in [0.15, 0.2) is 156 Å². The number of hydrogen-bond donors (Lipinski definition) is 1. The van der Waals surface area contributed by atoms with Gasteiger partial charge in [0.15, 0.2) is 0 Å². The molecular formula is C47H35N3O2. The lowest BCUT2D eigenvalue weighted by molar-refractivity contribution is 0.473. The zero-order chi connectivity index (χ0) is 35.3. The van der Waals surface area contributed by atoms with Crippen LogP contribution in [0.3, 0.4) is 0 Å². The molecule has 0 saturated carbocycles. The van der Waals surface area contributed by atoms with Crippen molar-refractivity contribution in [3.63, 3.8) is 0 Å². The highest BCUT2D eigenvalue weighted by Crippen LogP contribution is 2.38. The van der Waals surface area contributed by atoms with E-state index >= 15 is 0 Å². The fraction of sp³-hybridized carbons (Fsp3) is 0.0638. The van der Waals surface area contributed by atoms with Crippen molar-refractivity contribution in [3.05, 3.63) is 163 Å². The number of hydrogen-bond acceptors (Lipinski definition) is 4. The van der Waals surface area contributed by atoms with Crippen LogP contribution in [0, 0.1) is 13.8 Å². The van der Waals surface area contributed by atoms with Gasteiger partial charge in [0.25, 0.3) is 0 Å². The Morgan fingerprint density at radius 1 is 0.481 bits per heavy atom. The first-order valence-corrected chi connectivity index (χ1v) is 17.4. The molecule has 0 aliphatic carbocycles. The maximum atomic E-state index is 11.0. The molecule has 0 aliphatic heterocycles. The quantitative estimate of drug-likeness (QED) is 0.191. The Bertz CT molecular complexity index is 2790. The highest BCUT2D eigenvalue weighted by Gasteiger charge is 2.16. The SMILES string of the molecule is Cc1cc(-c2ccc(-c3ccc4c(c3)oc3ccccc34)n2C)cc(-c2cccc(-c3cc(-c4ccccc4)cc(-c4cccc(C)c4O)n3)c2)n1. The third kappa shape index (κ3) is 5.53. The highest BCUT2D eigenvalue weighted by atomic mass is 16.3. The van der Waals surface area contributed by atoms with Gasteiger partial charge in [-0.25, -0.2) is 4.98 Å². The molecule has 9 aromatic rings. The summed E-state index contributed by atoms with van der Waals surface area (Å²) in [5, 5.41) is 13.3.